The minimum absolute atomic E-state index is 0.0503. The topological polar surface area (TPSA) is 75.0 Å². The molecule has 0 atom stereocenters. The molecule has 0 aliphatic carbocycles. The molecular weight excluding hydrogens is 358 g/mol. The van der Waals surface area contributed by atoms with E-state index in [2.05, 4.69) is 16.6 Å². The lowest BCUT2D eigenvalue weighted by atomic mass is 10.2. The van der Waals surface area contributed by atoms with E-state index in [1.165, 1.54) is 36.3 Å². The van der Waals surface area contributed by atoms with Gasteiger partial charge in [-0.25, -0.2) is 4.98 Å². The highest BCUT2D eigenvalue weighted by molar-refractivity contribution is 8.18. The Morgan fingerprint density at radius 3 is 3.00 bits per heavy atom. The van der Waals surface area contributed by atoms with Crippen molar-refractivity contribution in [3.63, 3.8) is 0 Å². The summed E-state index contributed by atoms with van der Waals surface area (Å²) < 4.78 is 5.10. The van der Waals surface area contributed by atoms with Crippen molar-refractivity contribution in [2.24, 2.45) is 4.99 Å². The van der Waals surface area contributed by atoms with Crippen LogP contribution in [-0.2, 0) is 4.79 Å². The first kappa shape index (κ1) is 17.2. The third-order valence-electron chi connectivity index (χ3n) is 3.31. The van der Waals surface area contributed by atoms with Gasteiger partial charge < -0.3 is 9.84 Å². The number of benzene rings is 1. The summed E-state index contributed by atoms with van der Waals surface area (Å²) in [6, 6.07) is 4.91. The van der Waals surface area contributed by atoms with Crippen LogP contribution < -0.4 is 4.74 Å². The molecule has 0 spiro atoms. The van der Waals surface area contributed by atoms with E-state index in [9.17, 15) is 9.90 Å². The molecule has 1 N–H and O–H groups in total. The number of carbonyl (C=O) groups is 1. The highest BCUT2D eigenvalue weighted by Gasteiger charge is 2.32. The van der Waals surface area contributed by atoms with Crippen molar-refractivity contribution in [2.75, 3.05) is 13.7 Å². The Kier molecular flexibility index (Phi) is 5.20. The zero-order valence-corrected chi connectivity index (χ0v) is 15.0. The molecule has 0 unspecified atom stereocenters. The lowest BCUT2D eigenvalue weighted by Crippen LogP contribution is -2.29. The highest BCUT2D eigenvalue weighted by Crippen LogP contribution is 2.35. The minimum Gasteiger partial charge on any atom is -0.504 e. The fourth-order valence-electron chi connectivity index (χ4n) is 2.17. The summed E-state index contributed by atoms with van der Waals surface area (Å²) in [6.45, 7) is 4.06. The number of hydrogen-bond donors (Lipinski definition) is 1. The molecule has 6 nitrogen and oxygen atoms in total. The first-order chi connectivity index (χ1) is 12.1. The Morgan fingerprint density at radius 1 is 1.48 bits per heavy atom. The maximum atomic E-state index is 12.7. The third kappa shape index (κ3) is 3.75. The fourth-order valence-corrected chi connectivity index (χ4v) is 3.72. The summed E-state index contributed by atoms with van der Waals surface area (Å²) >= 11 is 2.68. The average molecular weight is 373 g/mol. The molecule has 128 valence electrons. The smallest absolute Gasteiger partial charge is 0.267 e. The SMILES string of the molecule is C=CCN1C(=O)/C(=C/c2ccc(O)c(OC)c2)S/C1=N\c1nccs1. The van der Waals surface area contributed by atoms with Crippen molar-refractivity contribution in [3.8, 4) is 11.5 Å². The van der Waals surface area contributed by atoms with Gasteiger partial charge in [-0.3, -0.25) is 9.69 Å². The summed E-state index contributed by atoms with van der Waals surface area (Å²) in [5.41, 5.74) is 0.750. The molecule has 1 aliphatic rings. The van der Waals surface area contributed by atoms with Crippen molar-refractivity contribution in [3.05, 3.63) is 52.9 Å². The lowest BCUT2D eigenvalue weighted by molar-refractivity contribution is -0.121. The summed E-state index contributed by atoms with van der Waals surface area (Å²) in [4.78, 5) is 23.3. The number of phenolic OH excluding ortho intramolecular Hbond substituents is 1. The summed E-state index contributed by atoms with van der Waals surface area (Å²) in [5.74, 6) is 0.256. The molecule has 2 heterocycles. The Balaban J connectivity index is 1.94. The second kappa shape index (κ2) is 7.54. The maximum Gasteiger partial charge on any atom is 0.267 e. The average Bonchev–Trinajstić information content (AvgIpc) is 3.21. The van der Waals surface area contributed by atoms with Gasteiger partial charge in [0.15, 0.2) is 16.7 Å². The van der Waals surface area contributed by atoms with Crippen LogP contribution in [-0.4, -0.2) is 39.7 Å². The monoisotopic (exact) mass is 373 g/mol. The van der Waals surface area contributed by atoms with Crippen LogP contribution in [0.4, 0.5) is 5.13 Å². The predicted octanol–water partition coefficient (Wildman–Crippen LogP) is 3.65. The molecule has 25 heavy (non-hydrogen) atoms. The van der Waals surface area contributed by atoms with Crippen molar-refractivity contribution in [1.29, 1.82) is 0 Å². The second-order valence-corrected chi connectivity index (χ2v) is 6.84. The maximum absolute atomic E-state index is 12.7. The number of aliphatic imine (C=N–C) groups is 1. The molecule has 1 aliphatic heterocycles. The van der Waals surface area contributed by atoms with Crippen LogP contribution in [0.15, 0.2) is 52.3 Å². The molecule has 1 fully saturated rings. The molecule has 0 radical (unpaired) electrons. The van der Waals surface area contributed by atoms with Gasteiger partial charge in [0.2, 0.25) is 5.13 Å². The number of amides is 1. The van der Waals surface area contributed by atoms with E-state index in [1.54, 1.807) is 35.4 Å². The lowest BCUT2D eigenvalue weighted by Gasteiger charge is -2.11. The fraction of sp³-hybridized carbons (Fsp3) is 0.118. The van der Waals surface area contributed by atoms with Crippen LogP contribution in [0.2, 0.25) is 0 Å². The van der Waals surface area contributed by atoms with Crippen LogP contribution in [0.3, 0.4) is 0 Å². The first-order valence-electron chi connectivity index (χ1n) is 7.30. The van der Waals surface area contributed by atoms with Crippen molar-refractivity contribution in [2.45, 2.75) is 0 Å². The Bertz CT molecular complexity index is 860. The zero-order valence-electron chi connectivity index (χ0n) is 13.4. The van der Waals surface area contributed by atoms with E-state index in [4.69, 9.17) is 4.74 Å². The van der Waals surface area contributed by atoms with Crippen LogP contribution in [0.5, 0.6) is 11.5 Å². The number of carbonyl (C=O) groups excluding carboxylic acids is 1. The van der Waals surface area contributed by atoms with Gasteiger partial charge in [0, 0.05) is 18.1 Å². The number of hydrogen-bond acceptors (Lipinski definition) is 7. The van der Waals surface area contributed by atoms with E-state index in [0.717, 1.165) is 5.56 Å². The molecule has 8 heteroatoms. The van der Waals surface area contributed by atoms with Crippen LogP contribution in [0.25, 0.3) is 6.08 Å². The first-order valence-corrected chi connectivity index (χ1v) is 8.99. The minimum atomic E-state index is -0.146. The number of aromatic hydroxyl groups is 1. The van der Waals surface area contributed by atoms with Gasteiger partial charge in [-0.1, -0.05) is 12.1 Å². The number of nitrogens with zero attached hydrogens (tertiary/aromatic N) is 3. The van der Waals surface area contributed by atoms with Crippen LogP contribution >= 0.6 is 23.1 Å². The Labute approximate surface area is 153 Å². The summed E-state index contributed by atoms with van der Waals surface area (Å²) in [6.07, 6.45) is 5.07. The van der Waals surface area contributed by atoms with Gasteiger partial charge >= 0.3 is 0 Å². The van der Waals surface area contributed by atoms with Gasteiger partial charge in [-0.2, -0.15) is 4.99 Å². The number of amidine groups is 1. The van der Waals surface area contributed by atoms with E-state index < -0.39 is 0 Å². The van der Waals surface area contributed by atoms with Crippen molar-refractivity contribution in [1.82, 2.24) is 9.88 Å². The Hall–Kier alpha value is -2.58. The van der Waals surface area contributed by atoms with E-state index in [0.29, 0.717) is 27.5 Å². The molecule has 0 saturated carbocycles. The zero-order chi connectivity index (χ0) is 17.8. The third-order valence-corrected chi connectivity index (χ3v) is 4.98. The largest absolute Gasteiger partial charge is 0.504 e. The molecular formula is C17H15N3O3S2. The number of rotatable bonds is 5. The molecule has 2 aromatic rings. The van der Waals surface area contributed by atoms with Gasteiger partial charge in [0.25, 0.3) is 5.91 Å². The van der Waals surface area contributed by atoms with Crippen LogP contribution in [0, 0.1) is 0 Å². The highest BCUT2D eigenvalue weighted by atomic mass is 32.2. The number of thiazole rings is 1. The number of ether oxygens (including phenoxy) is 1. The molecule has 0 bridgehead atoms. The summed E-state index contributed by atoms with van der Waals surface area (Å²) in [7, 11) is 1.48. The van der Waals surface area contributed by atoms with E-state index in [-0.39, 0.29) is 11.7 Å². The molecule has 1 amide bonds. The van der Waals surface area contributed by atoms with Crippen molar-refractivity contribution < 1.29 is 14.6 Å². The molecule has 1 aromatic carbocycles. The van der Waals surface area contributed by atoms with Gasteiger partial charge in [0.1, 0.15) is 0 Å². The van der Waals surface area contributed by atoms with Crippen molar-refractivity contribution >= 4 is 45.4 Å². The van der Waals surface area contributed by atoms with Crippen LogP contribution in [0.1, 0.15) is 5.56 Å². The van der Waals surface area contributed by atoms with Gasteiger partial charge in [-0.15, -0.1) is 17.9 Å². The second-order valence-electron chi connectivity index (χ2n) is 4.96. The predicted molar refractivity (Wildman–Crippen MR) is 101 cm³/mol. The molecule has 1 saturated heterocycles. The van der Waals surface area contributed by atoms with E-state index in [1.807, 2.05) is 5.38 Å². The number of methoxy groups -OCH3 is 1. The quantitative estimate of drug-likeness (QED) is 0.640. The number of phenols is 1. The standard InChI is InChI=1S/C17H15N3O3S2/c1-3-7-20-15(22)14(25-17(20)19-16-18-6-8-24-16)10-11-4-5-12(21)13(9-11)23-2/h3-6,8-10,21H,1,7H2,2H3/b14-10-,19-17-. The van der Waals surface area contributed by atoms with E-state index >= 15 is 0 Å². The Morgan fingerprint density at radius 2 is 2.32 bits per heavy atom. The number of thioether (sulfide) groups is 1. The molecule has 3 rings (SSSR count). The normalized spacial score (nSPS) is 17.5. The number of aromatic nitrogens is 1. The molecule has 1 aromatic heterocycles. The van der Waals surface area contributed by atoms with Gasteiger partial charge in [0.05, 0.1) is 12.0 Å². The summed E-state index contributed by atoms with van der Waals surface area (Å²) in [5, 5.41) is 12.7. The van der Waals surface area contributed by atoms with Gasteiger partial charge in [-0.05, 0) is 35.5 Å².